The SMILES string of the molecule is c1cc2c(s1)C[C@@H]1NCC[C@]23CCCCC13. The Morgan fingerprint density at radius 3 is 3.31 bits per heavy atom. The zero-order valence-corrected chi connectivity index (χ0v) is 10.5. The zero-order valence-electron chi connectivity index (χ0n) is 9.67. The van der Waals surface area contributed by atoms with Gasteiger partial charge in [-0.1, -0.05) is 12.8 Å². The molecule has 1 aromatic heterocycles. The highest BCUT2D eigenvalue weighted by Crippen LogP contribution is 2.54. The second-order valence-corrected chi connectivity index (χ2v) is 6.78. The molecule has 0 radical (unpaired) electrons. The average molecular weight is 233 g/mol. The summed E-state index contributed by atoms with van der Waals surface area (Å²) in [6.07, 6.45) is 8.53. The summed E-state index contributed by atoms with van der Waals surface area (Å²) >= 11 is 1.99. The third-order valence-electron chi connectivity index (χ3n) is 5.25. The van der Waals surface area contributed by atoms with Crippen molar-refractivity contribution < 1.29 is 0 Å². The summed E-state index contributed by atoms with van der Waals surface area (Å²) in [6, 6.07) is 3.24. The van der Waals surface area contributed by atoms with E-state index in [4.69, 9.17) is 0 Å². The van der Waals surface area contributed by atoms with Gasteiger partial charge in [0.05, 0.1) is 0 Å². The van der Waals surface area contributed by atoms with E-state index < -0.39 is 0 Å². The van der Waals surface area contributed by atoms with E-state index in [0.29, 0.717) is 5.41 Å². The first kappa shape index (κ1) is 9.67. The molecule has 4 rings (SSSR count). The average Bonchev–Trinajstić information content (AvgIpc) is 2.77. The molecule has 1 saturated heterocycles. The molecule has 2 fully saturated rings. The van der Waals surface area contributed by atoms with E-state index in [0.717, 1.165) is 12.0 Å². The lowest BCUT2D eigenvalue weighted by molar-refractivity contribution is 0.0812. The summed E-state index contributed by atoms with van der Waals surface area (Å²) in [5, 5.41) is 6.11. The maximum absolute atomic E-state index is 3.78. The van der Waals surface area contributed by atoms with Gasteiger partial charge in [0, 0.05) is 16.3 Å². The monoisotopic (exact) mass is 233 g/mol. The highest BCUT2D eigenvalue weighted by Gasteiger charge is 2.51. The number of nitrogens with one attached hydrogen (secondary N) is 1. The normalized spacial score (nSPS) is 41.2. The minimum absolute atomic E-state index is 0.585. The highest BCUT2D eigenvalue weighted by molar-refractivity contribution is 7.10. The number of piperidine rings is 1. The molecule has 0 spiro atoms. The van der Waals surface area contributed by atoms with Gasteiger partial charge in [0.25, 0.3) is 0 Å². The van der Waals surface area contributed by atoms with Gasteiger partial charge in [0.1, 0.15) is 0 Å². The quantitative estimate of drug-likeness (QED) is 0.726. The minimum atomic E-state index is 0.585. The van der Waals surface area contributed by atoms with Crippen molar-refractivity contribution in [1.29, 1.82) is 0 Å². The Kier molecular flexibility index (Phi) is 2.01. The molecule has 3 atom stereocenters. The van der Waals surface area contributed by atoms with E-state index >= 15 is 0 Å². The van der Waals surface area contributed by atoms with Crippen LogP contribution < -0.4 is 5.32 Å². The number of thiophene rings is 1. The molecule has 86 valence electrons. The van der Waals surface area contributed by atoms with Crippen LogP contribution in [0.5, 0.6) is 0 Å². The van der Waals surface area contributed by atoms with Gasteiger partial charge in [0.2, 0.25) is 0 Å². The molecule has 0 amide bonds. The first-order chi connectivity index (χ1) is 7.90. The Hall–Kier alpha value is -0.340. The van der Waals surface area contributed by atoms with Crippen molar-refractivity contribution in [2.75, 3.05) is 6.54 Å². The van der Waals surface area contributed by atoms with Gasteiger partial charge in [-0.15, -0.1) is 11.3 Å². The Labute approximate surface area is 101 Å². The zero-order chi connectivity index (χ0) is 10.6. The van der Waals surface area contributed by atoms with Gasteiger partial charge < -0.3 is 5.32 Å². The van der Waals surface area contributed by atoms with Gasteiger partial charge in [0.15, 0.2) is 0 Å². The molecule has 1 aromatic rings. The fourth-order valence-electron chi connectivity index (χ4n) is 4.61. The first-order valence-electron chi connectivity index (χ1n) is 6.70. The van der Waals surface area contributed by atoms with Crippen LogP contribution in [0.1, 0.15) is 42.5 Å². The van der Waals surface area contributed by atoms with Crippen LogP contribution >= 0.6 is 11.3 Å². The summed E-state index contributed by atoms with van der Waals surface area (Å²) in [6.45, 7) is 1.25. The van der Waals surface area contributed by atoms with E-state index in [2.05, 4.69) is 16.8 Å². The lowest BCUT2D eigenvalue weighted by Gasteiger charge is -2.55. The van der Waals surface area contributed by atoms with Crippen molar-refractivity contribution in [1.82, 2.24) is 5.32 Å². The maximum atomic E-state index is 3.78. The molecule has 1 aliphatic heterocycles. The first-order valence-corrected chi connectivity index (χ1v) is 7.58. The van der Waals surface area contributed by atoms with Crippen LogP contribution in [-0.4, -0.2) is 12.6 Å². The molecule has 2 heterocycles. The Balaban J connectivity index is 1.90. The molecule has 16 heavy (non-hydrogen) atoms. The third kappa shape index (κ3) is 1.10. The van der Waals surface area contributed by atoms with Crippen molar-refractivity contribution in [3.63, 3.8) is 0 Å². The van der Waals surface area contributed by atoms with E-state index in [-0.39, 0.29) is 0 Å². The largest absolute Gasteiger partial charge is 0.313 e. The van der Waals surface area contributed by atoms with E-state index in [9.17, 15) is 0 Å². The molecule has 1 N–H and O–H groups in total. The topological polar surface area (TPSA) is 12.0 Å². The third-order valence-corrected chi connectivity index (χ3v) is 6.19. The van der Waals surface area contributed by atoms with Crippen LogP contribution in [0.15, 0.2) is 11.4 Å². The molecule has 2 bridgehead atoms. The highest BCUT2D eigenvalue weighted by atomic mass is 32.1. The Bertz CT molecular complexity index is 407. The van der Waals surface area contributed by atoms with Gasteiger partial charge in [-0.25, -0.2) is 0 Å². The Morgan fingerprint density at radius 2 is 2.31 bits per heavy atom. The summed E-state index contributed by atoms with van der Waals surface area (Å²) in [4.78, 5) is 1.69. The van der Waals surface area contributed by atoms with Crippen molar-refractivity contribution in [2.24, 2.45) is 5.92 Å². The van der Waals surface area contributed by atoms with Gasteiger partial charge in [-0.2, -0.15) is 0 Å². The molecule has 1 nitrogen and oxygen atoms in total. The van der Waals surface area contributed by atoms with Crippen LogP contribution in [0.2, 0.25) is 0 Å². The van der Waals surface area contributed by atoms with E-state index in [1.807, 2.05) is 11.3 Å². The molecule has 2 aliphatic carbocycles. The standard InChI is InChI=1S/C14H19NS/c1-2-5-14-6-7-15-12(10(14)3-1)9-13-11(14)4-8-16-13/h4,8,10,12,15H,1-3,5-7,9H2/t10?,12-,14-/m0/s1. The number of rotatable bonds is 0. The molecule has 0 aromatic carbocycles. The van der Waals surface area contributed by atoms with Gasteiger partial charge in [-0.3, -0.25) is 0 Å². The fraction of sp³-hybridized carbons (Fsp3) is 0.714. The maximum Gasteiger partial charge on any atom is 0.0152 e. The van der Waals surface area contributed by atoms with Crippen LogP contribution in [-0.2, 0) is 11.8 Å². The fourth-order valence-corrected chi connectivity index (χ4v) is 5.65. The predicted molar refractivity (Wildman–Crippen MR) is 68.1 cm³/mol. The summed E-state index contributed by atoms with van der Waals surface area (Å²) in [7, 11) is 0. The van der Waals surface area contributed by atoms with Crippen LogP contribution in [0.4, 0.5) is 0 Å². The van der Waals surface area contributed by atoms with Gasteiger partial charge >= 0.3 is 0 Å². The lowest BCUT2D eigenvalue weighted by atomic mass is 9.54. The number of hydrogen-bond donors (Lipinski definition) is 1. The second kappa shape index (κ2) is 3.33. The predicted octanol–water partition coefficient (Wildman–Crippen LogP) is 3.09. The molecule has 2 heteroatoms. The molecular formula is C14H19NS. The van der Waals surface area contributed by atoms with E-state index in [1.54, 1.807) is 10.4 Å². The van der Waals surface area contributed by atoms with Crippen LogP contribution in [0, 0.1) is 5.92 Å². The van der Waals surface area contributed by atoms with Crippen molar-refractivity contribution in [2.45, 2.75) is 50.0 Å². The Morgan fingerprint density at radius 1 is 1.31 bits per heavy atom. The lowest BCUT2D eigenvalue weighted by Crippen LogP contribution is -2.59. The molecular weight excluding hydrogens is 214 g/mol. The molecule has 3 aliphatic rings. The summed E-state index contributed by atoms with van der Waals surface area (Å²) in [5.41, 5.74) is 2.34. The van der Waals surface area contributed by atoms with Crippen molar-refractivity contribution in [3.05, 3.63) is 21.9 Å². The second-order valence-electron chi connectivity index (χ2n) is 5.78. The summed E-state index contributed by atoms with van der Waals surface area (Å²) in [5.74, 6) is 0.942. The summed E-state index contributed by atoms with van der Waals surface area (Å²) < 4.78 is 0. The van der Waals surface area contributed by atoms with Crippen LogP contribution in [0.3, 0.4) is 0 Å². The molecule has 1 unspecified atom stereocenters. The van der Waals surface area contributed by atoms with Crippen molar-refractivity contribution in [3.8, 4) is 0 Å². The minimum Gasteiger partial charge on any atom is -0.313 e. The van der Waals surface area contributed by atoms with Crippen molar-refractivity contribution >= 4 is 11.3 Å². The molecule has 1 saturated carbocycles. The number of hydrogen-bond acceptors (Lipinski definition) is 2. The van der Waals surface area contributed by atoms with E-state index in [1.165, 1.54) is 45.1 Å². The smallest absolute Gasteiger partial charge is 0.0152 e. The van der Waals surface area contributed by atoms with Crippen LogP contribution in [0.25, 0.3) is 0 Å². The number of fused-ring (bicyclic) bond motifs is 1. The van der Waals surface area contributed by atoms with Gasteiger partial charge in [-0.05, 0) is 55.2 Å².